The van der Waals surface area contributed by atoms with Crippen molar-refractivity contribution in [2.75, 3.05) is 0 Å². The number of carbonyl (C=O) groups is 1. The number of primary amides is 1. The van der Waals surface area contributed by atoms with Gasteiger partial charge in [0, 0.05) is 6.20 Å². The quantitative estimate of drug-likeness (QED) is 0.821. The summed E-state index contributed by atoms with van der Waals surface area (Å²) in [7, 11) is 0. The number of nitrogens with zero attached hydrogens (tertiary/aromatic N) is 2. The maximum absolute atomic E-state index is 10.9. The smallest absolute Gasteiger partial charge is 0.252 e. The Labute approximate surface area is 105 Å². The molecule has 0 radical (unpaired) electrons. The van der Waals surface area contributed by atoms with Gasteiger partial charge in [0.2, 0.25) is 0 Å². The highest BCUT2D eigenvalue weighted by atomic mass is 16.1. The standard InChI is InChI=1S/C9H15N3O.2C2H6/c1-6-7(8(10)13)5-12(11-6)9(2,3)4;2*1-2/h5H,1-4H3,(H2,10,13);2*1-2H3. The molecule has 4 nitrogen and oxygen atoms in total. The van der Waals surface area contributed by atoms with Crippen molar-refractivity contribution in [2.45, 2.75) is 60.9 Å². The normalized spacial score (nSPS) is 9.65. The van der Waals surface area contributed by atoms with Crippen molar-refractivity contribution in [3.05, 3.63) is 17.5 Å². The van der Waals surface area contributed by atoms with Crippen LogP contribution in [-0.2, 0) is 5.54 Å². The monoisotopic (exact) mass is 241 g/mol. The largest absolute Gasteiger partial charge is 0.365 e. The number of hydrogen-bond donors (Lipinski definition) is 1. The molecule has 1 amide bonds. The van der Waals surface area contributed by atoms with Gasteiger partial charge in [0.1, 0.15) is 0 Å². The summed E-state index contributed by atoms with van der Waals surface area (Å²) in [5.41, 5.74) is 6.24. The second-order valence-corrected chi connectivity index (χ2v) is 4.11. The maximum Gasteiger partial charge on any atom is 0.252 e. The first-order valence-electron chi connectivity index (χ1n) is 6.19. The Balaban J connectivity index is 0. The number of nitrogens with two attached hydrogens (primary N) is 1. The molecule has 0 aliphatic rings. The third kappa shape index (κ3) is 5.52. The molecule has 0 unspecified atom stereocenters. The summed E-state index contributed by atoms with van der Waals surface area (Å²) in [6, 6.07) is 0. The van der Waals surface area contributed by atoms with Crippen LogP contribution in [0.15, 0.2) is 6.20 Å². The summed E-state index contributed by atoms with van der Waals surface area (Å²) < 4.78 is 1.75. The van der Waals surface area contributed by atoms with Gasteiger partial charge in [-0.2, -0.15) is 5.10 Å². The molecule has 1 aromatic heterocycles. The van der Waals surface area contributed by atoms with Crippen LogP contribution >= 0.6 is 0 Å². The molecule has 4 heteroatoms. The lowest BCUT2D eigenvalue weighted by atomic mass is 10.1. The zero-order valence-electron chi connectivity index (χ0n) is 12.5. The minimum atomic E-state index is -0.423. The van der Waals surface area contributed by atoms with E-state index < -0.39 is 5.91 Å². The zero-order chi connectivity index (χ0) is 14.2. The highest BCUT2D eigenvalue weighted by molar-refractivity contribution is 5.93. The van der Waals surface area contributed by atoms with Crippen LogP contribution in [0.3, 0.4) is 0 Å². The van der Waals surface area contributed by atoms with Crippen LogP contribution in [0.4, 0.5) is 0 Å². The minimum absolute atomic E-state index is 0.113. The van der Waals surface area contributed by atoms with E-state index >= 15 is 0 Å². The lowest BCUT2D eigenvalue weighted by Crippen LogP contribution is -2.22. The summed E-state index contributed by atoms with van der Waals surface area (Å²) in [6.07, 6.45) is 1.69. The highest BCUT2D eigenvalue weighted by Crippen LogP contribution is 2.15. The van der Waals surface area contributed by atoms with E-state index in [2.05, 4.69) is 5.10 Å². The van der Waals surface area contributed by atoms with E-state index in [-0.39, 0.29) is 5.54 Å². The molecule has 0 bridgehead atoms. The van der Waals surface area contributed by atoms with Gasteiger partial charge in [0.15, 0.2) is 0 Å². The van der Waals surface area contributed by atoms with Crippen molar-refractivity contribution in [1.29, 1.82) is 0 Å². The Kier molecular flexibility index (Phi) is 8.36. The first-order valence-corrected chi connectivity index (χ1v) is 6.19. The van der Waals surface area contributed by atoms with Crippen molar-refractivity contribution in [1.82, 2.24) is 9.78 Å². The molecular formula is C13H27N3O. The van der Waals surface area contributed by atoms with Crippen molar-refractivity contribution >= 4 is 5.91 Å². The molecule has 1 rings (SSSR count). The van der Waals surface area contributed by atoms with Gasteiger partial charge in [-0.3, -0.25) is 9.48 Å². The van der Waals surface area contributed by atoms with Gasteiger partial charge in [-0.15, -0.1) is 0 Å². The SMILES string of the molecule is CC.CC.Cc1nn(C(C)(C)C)cc1C(N)=O. The van der Waals surface area contributed by atoms with E-state index in [4.69, 9.17) is 5.73 Å². The van der Waals surface area contributed by atoms with Crippen LogP contribution in [0, 0.1) is 6.92 Å². The second-order valence-electron chi connectivity index (χ2n) is 4.11. The molecule has 0 atom stereocenters. The van der Waals surface area contributed by atoms with Gasteiger partial charge in [-0.25, -0.2) is 0 Å². The molecule has 1 heterocycles. The third-order valence-electron chi connectivity index (χ3n) is 1.85. The lowest BCUT2D eigenvalue weighted by molar-refractivity contribution is 0.0999. The van der Waals surface area contributed by atoms with E-state index in [0.717, 1.165) is 0 Å². The van der Waals surface area contributed by atoms with Gasteiger partial charge in [-0.1, -0.05) is 27.7 Å². The van der Waals surface area contributed by atoms with E-state index in [1.54, 1.807) is 17.8 Å². The highest BCUT2D eigenvalue weighted by Gasteiger charge is 2.17. The Morgan fingerprint density at radius 1 is 1.24 bits per heavy atom. The topological polar surface area (TPSA) is 60.9 Å². The molecule has 0 aliphatic carbocycles. The minimum Gasteiger partial charge on any atom is -0.365 e. The number of aryl methyl sites for hydroxylation is 1. The summed E-state index contributed by atoms with van der Waals surface area (Å²) >= 11 is 0. The fraction of sp³-hybridized carbons (Fsp3) is 0.692. The number of amides is 1. The van der Waals surface area contributed by atoms with E-state index in [9.17, 15) is 4.79 Å². The number of rotatable bonds is 1. The van der Waals surface area contributed by atoms with Crippen molar-refractivity contribution in [3.8, 4) is 0 Å². The molecule has 0 spiro atoms. The molecule has 0 aromatic carbocycles. The molecule has 0 saturated carbocycles. The fourth-order valence-electron chi connectivity index (χ4n) is 1.05. The first kappa shape index (κ1) is 18.1. The summed E-state index contributed by atoms with van der Waals surface area (Å²) in [5, 5.41) is 4.22. The van der Waals surface area contributed by atoms with Gasteiger partial charge >= 0.3 is 0 Å². The van der Waals surface area contributed by atoms with Crippen LogP contribution in [0.25, 0.3) is 0 Å². The fourth-order valence-corrected chi connectivity index (χ4v) is 1.05. The summed E-state index contributed by atoms with van der Waals surface area (Å²) in [4.78, 5) is 10.9. The Hall–Kier alpha value is -1.32. The van der Waals surface area contributed by atoms with Crippen LogP contribution in [0.5, 0.6) is 0 Å². The molecule has 0 aliphatic heterocycles. The van der Waals surface area contributed by atoms with Gasteiger partial charge in [0.05, 0.1) is 16.8 Å². The molecule has 100 valence electrons. The molecule has 0 saturated heterocycles. The van der Waals surface area contributed by atoms with Gasteiger partial charge < -0.3 is 5.73 Å². The molecule has 2 N–H and O–H groups in total. The van der Waals surface area contributed by atoms with Crippen LogP contribution in [0.2, 0.25) is 0 Å². The molecule has 1 aromatic rings. The molecule has 0 fully saturated rings. The van der Waals surface area contributed by atoms with E-state index in [1.165, 1.54) is 0 Å². The first-order chi connectivity index (χ1) is 7.82. The summed E-state index contributed by atoms with van der Waals surface area (Å²) in [6.45, 7) is 15.8. The van der Waals surface area contributed by atoms with Crippen LogP contribution in [0.1, 0.15) is 64.5 Å². The van der Waals surface area contributed by atoms with Crippen molar-refractivity contribution in [3.63, 3.8) is 0 Å². The molecular weight excluding hydrogens is 214 g/mol. The number of carbonyl (C=O) groups excluding carboxylic acids is 1. The number of aromatic nitrogens is 2. The van der Waals surface area contributed by atoms with E-state index in [0.29, 0.717) is 11.3 Å². The zero-order valence-corrected chi connectivity index (χ0v) is 12.5. The average molecular weight is 241 g/mol. The third-order valence-corrected chi connectivity index (χ3v) is 1.85. The van der Waals surface area contributed by atoms with Crippen LogP contribution < -0.4 is 5.73 Å². The average Bonchev–Trinajstić information content (AvgIpc) is 2.66. The van der Waals surface area contributed by atoms with Crippen LogP contribution in [-0.4, -0.2) is 15.7 Å². The maximum atomic E-state index is 10.9. The Morgan fingerprint density at radius 3 is 1.82 bits per heavy atom. The summed E-state index contributed by atoms with van der Waals surface area (Å²) in [5.74, 6) is -0.423. The lowest BCUT2D eigenvalue weighted by Gasteiger charge is -2.18. The predicted octanol–water partition coefficient (Wildman–Crippen LogP) is 3.10. The predicted molar refractivity (Wildman–Crippen MR) is 73.2 cm³/mol. The van der Waals surface area contributed by atoms with Crippen molar-refractivity contribution in [2.24, 2.45) is 5.73 Å². The van der Waals surface area contributed by atoms with Crippen molar-refractivity contribution < 1.29 is 4.79 Å². The number of hydrogen-bond acceptors (Lipinski definition) is 2. The second kappa shape index (κ2) is 7.87. The molecule has 17 heavy (non-hydrogen) atoms. The van der Waals surface area contributed by atoms with Gasteiger partial charge in [0.25, 0.3) is 5.91 Å². The van der Waals surface area contributed by atoms with E-state index in [1.807, 2.05) is 48.5 Å². The Morgan fingerprint density at radius 2 is 1.65 bits per heavy atom. The Bertz CT molecular complexity index is 335. The van der Waals surface area contributed by atoms with Gasteiger partial charge in [-0.05, 0) is 27.7 Å².